The van der Waals surface area contributed by atoms with Gasteiger partial charge in [-0.05, 0) is 42.3 Å². The summed E-state index contributed by atoms with van der Waals surface area (Å²) in [6, 6.07) is 4.58. The second-order valence-corrected chi connectivity index (χ2v) is 5.17. The summed E-state index contributed by atoms with van der Waals surface area (Å²) in [5.41, 5.74) is 8.89. The fourth-order valence-corrected chi connectivity index (χ4v) is 2.27. The first-order valence-electron chi connectivity index (χ1n) is 5.87. The van der Waals surface area contributed by atoms with Crippen LogP contribution in [0.5, 0.6) is 0 Å². The molecule has 108 valence electrons. The molecule has 0 saturated heterocycles. The van der Waals surface area contributed by atoms with Gasteiger partial charge in [-0.1, -0.05) is 32.6 Å². The Balaban J connectivity index is 2.81. The smallest absolute Gasteiger partial charge is 0.327 e. The number of carbonyl (C=O) groups is 1. The fraction of sp³-hybridized carbons (Fsp3) is 0.417. The van der Waals surface area contributed by atoms with Crippen LogP contribution in [0.15, 0.2) is 27.8 Å². The Labute approximate surface area is 130 Å². The van der Waals surface area contributed by atoms with Crippen LogP contribution in [0, 0.1) is 0 Å². The molecule has 1 aromatic rings. The maximum Gasteiger partial charge on any atom is 0.327 e. The first kappa shape index (κ1) is 16.8. The number of methoxy groups -OCH3 is 1. The van der Waals surface area contributed by atoms with Gasteiger partial charge in [0.05, 0.1) is 7.11 Å². The summed E-state index contributed by atoms with van der Waals surface area (Å²) < 4.78 is 5.56. The molecule has 0 aliphatic heterocycles. The highest BCUT2D eigenvalue weighted by Crippen LogP contribution is 2.27. The van der Waals surface area contributed by atoms with E-state index in [1.807, 2.05) is 0 Å². The van der Waals surface area contributed by atoms with Crippen LogP contribution in [0.25, 0.3) is 10.4 Å². The van der Waals surface area contributed by atoms with Crippen molar-refractivity contribution in [1.29, 1.82) is 0 Å². The minimum atomic E-state index is -0.626. The summed E-state index contributed by atoms with van der Waals surface area (Å²) in [7, 11) is 1.33. The number of esters is 1. The number of rotatable bonds is 7. The van der Waals surface area contributed by atoms with Gasteiger partial charge in [-0.3, -0.25) is 0 Å². The van der Waals surface area contributed by atoms with Gasteiger partial charge in [0.25, 0.3) is 0 Å². The van der Waals surface area contributed by atoms with E-state index in [2.05, 4.69) is 31.3 Å². The molecule has 0 aromatic heterocycles. The zero-order valence-corrected chi connectivity index (χ0v) is 13.2. The number of hydrogen-bond acceptors (Lipinski definition) is 4. The molecule has 1 N–H and O–H groups in total. The second kappa shape index (κ2) is 8.81. The molecule has 0 radical (unpaired) electrons. The van der Waals surface area contributed by atoms with Gasteiger partial charge < -0.3 is 10.1 Å². The van der Waals surface area contributed by atoms with E-state index < -0.39 is 12.0 Å². The van der Waals surface area contributed by atoms with Crippen molar-refractivity contribution in [3.05, 3.63) is 43.7 Å². The lowest BCUT2D eigenvalue weighted by molar-refractivity contribution is -0.143. The molecule has 1 rings (SSSR count). The Morgan fingerprint density at radius 1 is 1.65 bits per heavy atom. The number of nitrogens with zero attached hydrogens (tertiary/aromatic N) is 3. The zero-order valence-electron chi connectivity index (χ0n) is 10.8. The van der Waals surface area contributed by atoms with Crippen LogP contribution in [-0.4, -0.2) is 26.2 Å². The second-order valence-electron chi connectivity index (χ2n) is 3.88. The summed E-state index contributed by atoms with van der Waals surface area (Å²) in [4.78, 5) is 14.5. The van der Waals surface area contributed by atoms with Crippen LogP contribution in [0.3, 0.4) is 0 Å². The van der Waals surface area contributed by atoms with Crippen LogP contribution in [-0.2, 0) is 9.53 Å². The molecule has 0 saturated carbocycles. The average Bonchev–Trinajstić information content (AvgIpc) is 2.45. The molecule has 0 aliphatic carbocycles. The van der Waals surface area contributed by atoms with Crippen LogP contribution in [0.1, 0.15) is 18.0 Å². The van der Waals surface area contributed by atoms with E-state index in [-0.39, 0.29) is 0 Å². The van der Waals surface area contributed by atoms with Crippen molar-refractivity contribution in [2.24, 2.45) is 5.11 Å². The third kappa shape index (κ3) is 5.02. The number of halogens is 2. The van der Waals surface area contributed by atoms with E-state index in [1.165, 1.54) is 7.11 Å². The lowest BCUT2D eigenvalue weighted by Crippen LogP contribution is -2.31. The number of nitrogens with one attached hydrogen (secondary N) is 1. The van der Waals surface area contributed by atoms with E-state index in [9.17, 15) is 4.79 Å². The molecule has 1 aromatic carbocycles. The molecule has 0 amide bonds. The molecule has 20 heavy (non-hydrogen) atoms. The quantitative estimate of drug-likeness (QED) is 0.264. The van der Waals surface area contributed by atoms with Crippen LogP contribution >= 0.6 is 27.5 Å². The molecule has 1 atom stereocenters. The molecule has 8 heteroatoms. The summed E-state index contributed by atoms with van der Waals surface area (Å²) in [5.74, 6) is -0.406. The zero-order chi connectivity index (χ0) is 15.0. The molecular formula is C12H14BrClN4O2. The fourth-order valence-electron chi connectivity index (χ4n) is 1.61. The van der Waals surface area contributed by atoms with Crippen LogP contribution < -0.4 is 5.32 Å². The maximum atomic E-state index is 11.9. The first-order valence-corrected chi connectivity index (χ1v) is 7.04. The molecule has 0 heterocycles. The largest absolute Gasteiger partial charge is 0.468 e. The van der Waals surface area contributed by atoms with E-state index >= 15 is 0 Å². The van der Waals surface area contributed by atoms with E-state index in [4.69, 9.17) is 21.9 Å². The summed E-state index contributed by atoms with van der Waals surface area (Å²) in [6.07, 6.45) is 0.621. The SMILES string of the molecule is COC(=O)C(NCCCN=[N+]=[N-])c1cc(Cl)ccc1Br. The Morgan fingerprint density at radius 3 is 3.05 bits per heavy atom. The Hall–Kier alpha value is -1.27. The first-order chi connectivity index (χ1) is 9.60. The highest BCUT2D eigenvalue weighted by Gasteiger charge is 2.23. The molecular weight excluding hydrogens is 348 g/mol. The molecule has 6 nitrogen and oxygen atoms in total. The Bertz CT molecular complexity index is 520. The molecule has 0 aliphatic rings. The van der Waals surface area contributed by atoms with Gasteiger partial charge >= 0.3 is 5.97 Å². The summed E-state index contributed by atoms with van der Waals surface area (Å²) >= 11 is 9.34. The van der Waals surface area contributed by atoms with Gasteiger partial charge in [-0.2, -0.15) is 0 Å². The number of hydrogen-bond donors (Lipinski definition) is 1. The number of ether oxygens (including phenoxy) is 1. The van der Waals surface area contributed by atoms with Crippen LogP contribution in [0.2, 0.25) is 5.02 Å². The number of benzene rings is 1. The van der Waals surface area contributed by atoms with Crippen molar-refractivity contribution < 1.29 is 9.53 Å². The van der Waals surface area contributed by atoms with Gasteiger partial charge in [0.2, 0.25) is 0 Å². The number of carbonyl (C=O) groups excluding carboxylic acids is 1. The maximum absolute atomic E-state index is 11.9. The Morgan fingerprint density at radius 2 is 2.40 bits per heavy atom. The van der Waals surface area contributed by atoms with Gasteiger partial charge in [-0.25, -0.2) is 4.79 Å². The molecule has 0 bridgehead atoms. The lowest BCUT2D eigenvalue weighted by Gasteiger charge is -2.18. The van der Waals surface area contributed by atoms with Gasteiger partial charge in [0.15, 0.2) is 0 Å². The average molecular weight is 362 g/mol. The minimum Gasteiger partial charge on any atom is -0.468 e. The van der Waals surface area contributed by atoms with Crippen molar-refractivity contribution in [3.63, 3.8) is 0 Å². The van der Waals surface area contributed by atoms with Gasteiger partial charge in [0, 0.05) is 21.0 Å². The molecule has 0 fully saturated rings. The van der Waals surface area contributed by atoms with Crippen molar-refractivity contribution in [2.45, 2.75) is 12.5 Å². The minimum absolute atomic E-state index is 0.369. The van der Waals surface area contributed by atoms with E-state index in [0.717, 1.165) is 4.47 Å². The van der Waals surface area contributed by atoms with E-state index in [0.29, 0.717) is 30.1 Å². The third-order valence-corrected chi connectivity index (χ3v) is 3.51. The van der Waals surface area contributed by atoms with E-state index in [1.54, 1.807) is 18.2 Å². The standard InChI is InChI=1S/C12H14BrClN4O2/c1-20-12(19)11(16-5-2-6-17-18-15)9-7-8(14)3-4-10(9)13/h3-4,7,11,16H,2,5-6H2,1H3. The van der Waals surface area contributed by atoms with Gasteiger partial charge in [-0.15, -0.1) is 0 Å². The normalized spacial score (nSPS) is 11.6. The Kier molecular flexibility index (Phi) is 7.40. The third-order valence-electron chi connectivity index (χ3n) is 2.55. The highest BCUT2D eigenvalue weighted by atomic mass is 79.9. The summed E-state index contributed by atoms with van der Waals surface area (Å²) in [6.45, 7) is 0.881. The van der Waals surface area contributed by atoms with Crippen molar-refractivity contribution in [2.75, 3.05) is 20.2 Å². The van der Waals surface area contributed by atoms with Crippen molar-refractivity contribution in [3.8, 4) is 0 Å². The monoisotopic (exact) mass is 360 g/mol. The number of azide groups is 1. The van der Waals surface area contributed by atoms with Gasteiger partial charge in [0.1, 0.15) is 6.04 Å². The van der Waals surface area contributed by atoms with Crippen molar-refractivity contribution >= 4 is 33.5 Å². The highest BCUT2D eigenvalue weighted by molar-refractivity contribution is 9.10. The topological polar surface area (TPSA) is 87.1 Å². The predicted molar refractivity (Wildman–Crippen MR) is 80.5 cm³/mol. The van der Waals surface area contributed by atoms with Crippen molar-refractivity contribution in [1.82, 2.24) is 5.32 Å². The van der Waals surface area contributed by atoms with Crippen LogP contribution in [0.4, 0.5) is 0 Å². The molecule has 0 spiro atoms. The molecule has 1 unspecified atom stereocenters. The lowest BCUT2D eigenvalue weighted by atomic mass is 10.1. The summed E-state index contributed by atoms with van der Waals surface area (Å²) in [5, 5.41) is 7.03. The predicted octanol–water partition coefficient (Wildman–Crippen LogP) is 3.61.